The Hall–Kier alpha value is -3.13. The molecule has 0 atom stereocenters. The Bertz CT molecular complexity index is 1060. The van der Waals surface area contributed by atoms with Crippen LogP contribution in [0.3, 0.4) is 0 Å². The van der Waals surface area contributed by atoms with Gasteiger partial charge < -0.3 is 9.80 Å². The molecule has 2 heterocycles. The molecular weight excluding hydrogens is 429 g/mol. The standard InChI is InChI=1S/C22H18ClF3N4O/c23-18-4-2-1-3-17(18)19-9-10-20(28-27-19)29-11-13-30(14-12-29)21(31)15-5-7-16(8-6-15)22(24,25)26/h1-10H,11-14H2. The van der Waals surface area contributed by atoms with Crippen LogP contribution < -0.4 is 4.90 Å². The largest absolute Gasteiger partial charge is 0.416 e. The lowest BCUT2D eigenvalue weighted by Crippen LogP contribution is -2.49. The van der Waals surface area contributed by atoms with E-state index in [-0.39, 0.29) is 11.5 Å². The Labute approximate surface area is 182 Å². The SMILES string of the molecule is O=C(c1ccc(C(F)(F)F)cc1)N1CCN(c2ccc(-c3ccccc3Cl)nn2)CC1. The van der Waals surface area contributed by atoms with Crippen molar-refractivity contribution in [3.05, 3.63) is 76.8 Å². The maximum absolute atomic E-state index is 12.7. The molecule has 3 aromatic rings. The van der Waals surface area contributed by atoms with Crippen LogP contribution in [0.2, 0.25) is 5.02 Å². The number of carbonyl (C=O) groups is 1. The van der Waals surface area contributed by atoms with E-state index < -0.39 is 11.7 Å². The fraction of sp³-hybridized carbons (Fsp3) is 0.227. The molecule has 0 bridgehead atoms. The van der Waals surface area contributed by atoms with Crippen LogP contribution in [0.4, 0.5) is 19.0 Å². The van der Waals surface area contributed by atoms with Gasteiger partial charge in [0.15, 0.2) is 5.82 Å². The number of benzene rings is 2. The number of hydrogen-bond acceptors (Lipinski definition) is 4. The van der Waals surface area contributed by atoms with E-state index in [0.29, 0.717) is 42.7 Å². The predicted octanol–water partition coefficient (Wildman–Crippen LogP) is 4.78. The average Bonchev–Trinajstić information content (AvgIpc) is 2.79. The lowest BCUT2D eigenvalue weighted by molar-refractivity contribution is -0.137. The number of nitrogens with zero attached hydrogens (tertiary/aromatic N) is 4. The molecule has 0 saturated carbocycles. The van der Waals surface area contributed by atoms with Crippen molar-refractivity contribution in [2.24, 2.45) is 0 Å². The van der Waals surface area contributed by atoms with Crippen molar-refractivity contribution in [1.29, 1.82) is 0 Å². The van der Waals surface area contributed by atoms with Crippen molar-refractivity contribution in [2.75, 3.05) is 31.1 Å². The number of aromatic nitrogens is 2. The Kier molecular flexibility index (Phi) is 5.82. The zero-order valence-electron chi connectivity index (χ0n) is 16.3. The second kappa shape index (κ2) is 8.55. The summed E-state index contributed by atoms with van der Waals surface area (Å²) in [6, 6.07) is 15.4. The highest BCUT2D eigenvalue weighted by Crippen LogP contribution is 2.29. The van der Waals surface area contributed by atoms with Crippen molar-refractivity contribution < 1.29 is 18.0 Å². The number of carbonyl (C=O) groups excluding carboxylic acids is 1. The van der Waals surface area contributed by atoms with Crippen molar-refractivity contribution in [2.45, 2.75) is 6.18 Å². The number of piperazine rings is 1. The highest BCUT2D eigenvalue weighted by molar-refractivity contribution is 6.33. The molecule has 1 amide bonds. The molecule has 2 aromatic carbocycles. The maximum atomic E-state index is 12.7. The number of rotatable bonds is 3. The minimum Gasteiger partial charge on any atom is -0.352 e. The van der Waals surface area contributed by atoms with Crippen molar-refractivity contribution >= 4 is 23.3 Å². The monoisotopic (exact) mass is 446 g/mol. The fourth-order valence-electron chi connectivity index (χ4n) is 3.43. The molecule has 0 aliphatic carbocycles. The van der Waals surface area contributed by atoms with Crippen LogP contribution in [0.1, 0.15) is 15.9 Å². The van der Waals surface area contributed by atoms with E-state index in [9.17, 15) is 18.0 Å². The van der Waals surface area contributed by atoms with Gasteiger partial charge in [-0.05, 0) is 42.5 Å². The van der Waals surface area contributed by atoms with Crippen molar-refractivity contribution in [3.63, 3.8) is 0 Å². The third kappa shape index (κ3) is 4.64. The molecule has 1 saturated heterocycles. The second-order valence-corrected chi connectivity index (χ2v) is 7.52. The lowest BCUT2D eigenvalue weighted by Gasteiger charge is -2.35. The first-order chi connectivity index (χ1) is 14.8. The molecule has 5 nitrogen and oxygen atoms in total. The zero-order valence-corrected chi connectivity index (χ0v) is 17.1. The first-order valence-corrected chi connectivity index (χ1v) is 10.0. The van der Waals surface area contributed by atoms with Gasteiger partial charge in [0, 0.05) is 37.3 Å². The summed E-state index contributed by atoms with van der Waals surface area (Å²) < 4.78 is 38.1. The molecular formula is C22H18ClF3N4O. The van der Waals surface area contributed by atoms with E-state index in [0.717, 1.165) is 17.7 Å². The smallest absolute Gasteiger partial charge is 0.352 e. The highest BCUT2D eigenvalue weighted by Gasteiger charge is 2.30. The Morgan fingerprint density at radius 2 is 1.55 bits per heavy atom. The Morgan fingerprint density at radius 3 is 2.13 bits per heavy atom. The van der Waals surface area contributed by atoms with Gasteiger partial charge in [-0.1, -0.05) is 29.8 Å². The topological polar surface area (TPSA) is 49.3 Å². The molecule has 31 heavy (non-hydrogen) atoms. The molecule has 1 aliphatic rings. The van der Waals surface area contributed by atoms with Crippen LogP contribution >= 0.6 is 11.6 Å². The van der Waals surface area contributed by atoms with Gasteiger partial charge in [0.25, 0.3) is 5.91 Å². The number of alkyl halides is 3. The van der Waals surface area contributed by atoms with Crippen LogP contribution in [0.25, 0.3) is 11.3 Å². The van der Waals surface area contributed by atoms with Crippen LogP contribution in [0.5, 0.6) is 0 Å². The summed E-state index contributed by atoms with van der Waals surface area (Å²) in [7, 11) is 0. The third-order valence-electron chi connectivity index (χ3n) is 5.15. The van der Waals surface area contributed by atoms with E-state index >= 15 is 0 Å². The summed E-state index contributed by atoms with van der Waals surface area (Å²) in [4.78, 5) is 16.3. The first kappa shape index (κ1) is 21.1. The highest BCUT2D eigenvalue weighted by atomic mass is 35.5. The van der Waals surface area contributed by atoms with Crippen LogP contribution in [0.15, 0.2) is 60.7 Å². The quantitative estimate of drug-likeness (QED) is 0.581. The molecule has 0 radical (unpaired) electrons. The summed E-state index contributed by atoms with van der Waals surface area (Å²) in [5, 5.41) is 9.15. The average molecular weight is 447 g/mol. The summed E-state index contributed by atoms with van der Waals surface area (Å²) in [5.41, 5.74) is 0.943. The molecule has 1 fully saturated rings. The fourth-order valence-corrected chi connectivity index (χ4v) is 3.66. The van der Waals surface area contributed by atoms with E-state index in [4.69, 9.17) is 11.6 Å². The van der Waals surface area contributed by atoms with E-state index in [1.807, 2.05) is 35.2 Å². The zero-order chi connectivity index (χ0) is 22.0. The van der Waals surface area contributed by atoms with E-state index in [1.54, 1.807) is 11.0 Å². The van der Waals surface area contributed by atoms with Crippen molar-refractivity contribution in [1.82, 2.24) is 15.1 Å². The van der Waals surface area contributed by atoms with Gasteiger partial charge in [0.05, 0.1) is 16.3 Å². The van der Waals surface area contributed by atoms with E-state index in [1.165, 1.54) is 12.1 Å². The molecule has 1 aromatic heterocycles. The van der Waals surface area contributed by atoms with Gasteiger partial charge in [-0.2, -0.15) is 13.2 Å². The minimum atomic E-state index is -4.42. The third-order valence-corrected chi connectivity index (χ3v) is 5.48. The maximum Gasteiger partial charge on any atom is 0.416 e. The van der Waals surface area contributed by atoms with Gasteiger partial charge in [0.1, 0.15) is 0 Å². The van der Waals surface area contributed by atoms with Gasteiger partial charge in [-0.3, -0.25) is 4.79 Å². The van der Waals surface area contributed by atoms with Gasteiger partial charge in [-0.15, -0.1) is 10.2 Å². The molecule has 0 N–H and O–H groups in total. The summed E-state index contributed by atoms with van der Waals surface area (Å²) in [6.07, 6.45) is -4.42. The van der Waals surface area contributed by atoms with Gasteiger partial charge in [-0.25, -0.2) is 0 Å². The molecule has 160 valence electrons. The molecule has 1 aliphatic heterocycles. The van der Waals surface area contributed by atoms with Gasteiger partial charge in [0.2, 0.25) is 0 Å². The normalized spacial score (nSPS) is 14.6. The number of hydrogen-bond donors (Lipinski definition) is 0. The number of amides is 1. The van der Waals surface area contributed by atoms with Crippen molar-refractivity contribution in [3.8, 4) is 11.3 Å². The predicted molar refractivity (Wildman–Crippen MR) is 112 cm³/mol. The van der Waals surface area contributed by atoms with Gasteiger partial charge >= 0.3 is 6.18 Å². The van der Waals surface area contributed by atoms with Crippen LogP contribution in [-0.4, -0.2) is 47.2 Å². The molecule has 0 spiro atoms. The van der Waals surface area contributed by atoms with Crippen LogP contribution in [0, 0.1) is 0 Å². The Balaban J connectivity index is 1.38. The Morgan fingerprint density at radius 1 is 0.871 bits per heavy atom. The first-order valence-electron chi connectivity index (χ1n) is 9.63. The second-order valence-electron chi connectivity index (χ2n) is 7.11. The molecule has 0 unspecified atom stereocenters. The lowest BCUT2D eigenvalue weighted by atomic mass is 10.1. The summed E-state index contributed by atoms with van der Waals surface area (Å²) >= 11 is 6.20. The van der Waals surface area contributed by atoms with E-state index in [2.05, 4.69) is 10.2 Å². The molecule has 9 heteroatoms. The van der Waals surface area contributed by atoms with Crippen LogP contribution in [-0.2, 0) is 6.18 Å². The number of halogens is 4. The number of anilines is 1. The summed E-state index contributed by atoms with van der Waals surface area (Å²) in [6.45, 7) is 1.97. The minimum absolute atomic E-state index is 0.241. The summed E-state index contributed by atoms with van der Waals surface area (Å²) in [5.74, 6) is 0.408. The molecule has 4 rings (SSSR count).